The molecule has 1 amide bonds. The Hall–Kier alpha value is -3.39. The SMILES string of the molecule is CCCCC(CC)COC(=O)/C=C/c1cccc2c1C(=O)NC(C)(c1cc3cc(Br)ccc3oc1=O)N2. The molecule has 0 fully saturated rings. The van der Waals surface area contributed by atoms with Crippen molar-refractivity contribution in [2.75, 3.05) is 11.9 Å². The van der Waals surface area contributed by atoms with Crippen LogP contribution in [0.5, 0.6) is 0 Å². The maximum Gasteiger partial charge on any atom is 0.343 e. The highest BCUT2D eigenvalue weighted by Gasteiger charge is 2.38. The fourth-order valence-corrected chi connectivity index (χ4v) is 4.92. The van der Waals surface area contributed by atoms with Gasteiger partial charge in [0.25, 0.3) is 5.91 Å². The van der Waals surface area contributed by atoms with Gasteiger partial charge < -0.3 is 19.8 Å². The van der Waals surface area contributed by atoms with E-state index >= 15 is 0 Å². The lowest BCUT2D eigenvalue weighted by atomic mass is 9.94. The molecule has 7 nitrogen and oxygen atoms in total. The Morgan fingerprint density at radius 1 is 1.16 bits per heavy atom. The van der Waals surface area contributed by atoms with Crippen LogP contribution in [0.15, 0.2) is 62.2 Å². The third-order valence-electron chi connectivity index (χ3n) is 6.71. The Balaban J connectivity index is 1.56. The van der Waals surface area contributed by atoms with Crippen LogP contribution in [0.3, 0.4) is 0 Å². The molecule has 0 saturated carbocycles. The van der Waals surface area contributed by atoms with Gasteiger partial charge in [-0.1, -0.05) is 61.2 Å². The quantitative estimate of drug-likeness (QED) is 0.178. The Kier molecular flexibility index (Phi) is 8.17. The van der Waals surface area contributed by atoms with E-state index in [9.17, 15) is 14.4 Å². The van der Waals surface area contributed by atoms with Crippen molar-refractivity contribution in [1.29, 1.82) is 0 Å². The molecule has 1 aliphatic rings. The maximum absolute atomic E-state index is 13.3. The lowest BCUT2D eigenvalue weighted by Gasteiger charge is -2.37. The number of carbonyl (C=O) groups excluding carboxylic acids is 2. The third-order valence-corrected chi connectivity index (χ3v) is 7.20. The van der Waals surface area contributed by atoms with Gasteiger partial charge in [0, 0.05) is 21.6 Å². The van der Waals surface area contributed by atoms with E-state index in [4.69, 9.17) is 9.15 Å². The smallest absolute Gasteiger partial charge is 0.343 e. The van der Waals surface area contributed by atoms with Gasteiger partial charge in [0.1, 0.15) is 11.2 Å². The van der Waals surface area contributed by atoms with E-state index in [-0.39, 0.29) is 11.5 Å². The number of esters is 1. The average Bonchev–Trinajstić information content (AvgIpc) is 2.87. The number of unbranched alkanes of at least 4 members (excludes halogenated alkanes) is 1. The van der Waals surface area contributed by atoms with Crippen LogP contribution in [0.4, 0.5) is 5.69 Å². The molecule has 0 bridgehead atoms. The van der Waals surface area contributed by atoms with Crippen LogP contribution < -0.4 is 16.3 Å². The zero-order chi connectivity index (χ0) is 26.6. The highest BCUT2D eigenvalue weighted by Crippen LogP contribution is 2.33. The first-order valence-corrected chi connectivity index (χ1v) is 13.4. The fourth-order valence-electron chi connectivity index (χ4n) is 4.54. The van der Waals surface area contributed by atoms with Crippen LogP contribution in [-0.4, -0.2) is 18.5 Å². The first-order chi connectivity index (χ1) is 17.7. The van der Waals surface area contributed by atoms with Gasteiger partial charge in [-0.2, -0.15) is 0 Å². The van der Waals surface area contributed by atoms with Crippen LogP contribution in [0.2, 0.25) is 0 Å². The van der Waals surface area contributed by atoms with Crippen LogP contribution in [0, 0.1) is 5.92 Å². The molecule has 0 aliphatic carbocycles. The molecule has 0 radical (unpaired) electrons. The topological polar surface area (TPSA) is 97.6 Å². The lowest BCUT2D eigenvalue weighted by Crippen LogP contribution is -2.55. The second kappa shape index (κ2) is 11.3. The predicted octanol–water partition coefficient (Wildman–Crippen LogP) is 6.36. The summed E-state index contributed by atoms with van der Waals surface area (Å²) in [5.74, 6) is -0.464. The second-order valence-corrected chi connectivity index (χ2v) is 10.4. The monoisotopic (exact) mass is 566 g/mol. The summed E-state index contributed by atoms with van der Waals surface area (Å²) in [5.41, 5.74) is 0.474. The number of hydrogen-bond donors (Lipinski definition) is 2. The molecule has 37 heavy (non-hydrogen) atoms. The largest absolute Gasteiger partial charge is 0.462 e. The number of fused-ring (bicyclic) bond motifs is 2. The van der Waals surface area contributed by atoms with Crippen molar-refractivity contribution < 1.29 is 18.7 Å². The molecule has 1 aliphatic heterocycles. The fraction of sp³-hybridized carbons (Fsp3) is 0.345. The molecule has 0 spiro atoms. The minimum Gasteiger partial charge on any atom is -0.462 e. The molecule has 2 atom stereocenters. The Labute approximate surface area is 224 Å². The molecule has 0 saturated heterocycles. The van der Waals surface area contributed by atoms with Gasteiger partial charge in [-0.05, 0) is 61.2 Å². The molecule has 2 aromatic carbocycles. The number of halogens is 1. The molecule has 194 valence electrons. The van der Waals surface area contributed by atoms with Crippen molar-refractivity contribution in [2.24, 2.45) is 5.92 Å². The number of rotatable bonds is 9. The number of ether oxygens (including phenoxy) is 1. The van der Waals surface area contributed by atoms with Crippen molar-refractivity contribution in [3.05, 3.63) is 80.1 Å². The number of nitrogens with one attached hydrogen (secondary N) is 2. The van der Waals surface area contributed by atoms with E-state index in [1.54, 1.807) is 49.4 Å². The van der Waals surface area contributed by atoms with Gasteiger partial charge in [-0.3, -0.25) is 4.79 Å². The van der Waals surface area contributed by atoms with Crippen molar-refractivity contribution in [2.45, 2.75) is 52.1 Å². The van der Waals surface area contributed by atoms with Crippen molar-refractivity contribution in [3.8, 4) is 0 Å². The summed E-state index contributed by atoms with van der Waals surface area (Å²) in [7, 11) is 0. The van der Waals surface area contributed by atoms with Crippen LogP contribution >= 0.6 is 15.9 Å². The van der Waals surface area contributed by atoms with Crippen molar-refractivity contribution >= 4 is 50.5 Å². The Morgan fingerprint density at radius 2 is 1.97 bits per heavy atom. The molecule has 8 heteroatoms. The number of carbonyl (C=O) groups is 2. The van der Waals surface area contributed by atoms with E-state index < -0.39 is 17.3 Å². The normalized spacial score (nSPS) is 17.8. The van der Waals surface area contributed by atoms with E-state index in [0.717, 1.165) is 35.5 Å². The summed E-state index contributed by atoms with van der Waals surface area (Å²) >= 11 is 3.43. The van der Waals surface area contributed by atoms with Crippen molar-refractivity contribution in [1.82, 2.24) is 5.32 Å². The summed E-state index contributed by atoms with van der Waals surface area (Å²) in [6, 6.07) is 12.4. The van der Waals surface area contributed by atoms with Gasteiger partial charge in [0.2, 0.25) is 0 Å². The molecule has 1 aromatic heterocycles. The van der Waals surface area contributed by atoms with Gasteiger partial charge in [0.05, 0.1) is 17.7 Å². The summed E-state index contributed by atoms with van der Waals surface area (Å²) in [6.45, 7) is 6.34. The number of amides is 1. The predicted molar refractivity (Wildman–Crippen MR) is 148 cm³/mol. The zero-order valence-corrected chi connectivity index (χ0v) is 22.8. The number of benzene rings is 2. The van der Waals surface area contributed by atoms with E-state index in [1.807, 2.05) is 6.07 Å². The van der Waals surface area contributed by atoms with Crippen LogP contribution in [0.25, 0.3) is 17.0 Å². The Morgan fingerprint density at radius 3 is 2.73 bits per heavy atom. The minimum absolute atomic E-state index is 0.273. The van der Waals surface area contributed by atoms with E-state index in [0.29, 0.717) is 34.9 Å². The van der Waals surface area contributed by atoms with Crippen LogP contribution in [0.1, 0.15) is 67.9 Å². The highest BCUT2D eigenvalue weighted by atomic mass is 79.9. The molecular formula is C29H31BrN2O5. The molecule has 2 N–H and O–H groups in total. The van der Waals surface area contributed by atoms with E-state index in [1.165, 1.54) is 6.08 Å². The summed E-state index contributed by atoms with van der Waals surface area (Å²) in [5, 5.41) is 6.91. The van der Waals surface area contributed by atoms with Gasteiger partial charge >= 0.3 is 11.6 Å². The molecule has 4 rings (SSSR count). The Bertz CT molecular complexity index is 1410. The first kappa shape index (κ1) is 26.7. The van der Waals surface area contributed by atoms with Gasteiger partial charge in [-0.25, -0.2) is 9.59 Å². The maximum atomic E-state index is 13.3. The number of anilines is 1. The van der Waals surface area contributed by atoms with Crippen molar-refractivity contribution in [3.63, 3.8) is 0 Å². The first-order valence-electron chi connectivity index (χ1n) is 12.6. The minimum atomic E-state index is -1.20. The average molecular weight is 567 g/mol. The summed E-state index contributed by atoms with van der Waals surface area (Å²) < 4.78 is 11.8. The van der Waals surface area contributed by atoms with Crippen LogP contribution in [-0.2, 0) is 15.2 Å². The molecule has 2 unspecified atom stereocenters. The summed E-state index contributed by atoms with van der Waals surface area (Å²) in [4.78, 5) is 38.5. The third kappa shape index (κ3) is 5.96. The zero-order valence-electron chi connectivity index (χ0n) is 21.2. The highest BCUT2D eigenvalue weighted by molar-refractivity contribution is 9.10. The van der Waals surface area contributed by atoms with Gasteiger partial charge in [-0.15, -0.1) is 0 Å². The lowest BCUT2D eigenvalue weighted by molar-refractivity contribution is -0.139. The summed E-state index contributed by atoms with van der Waals surface area (Å²) in [6.07, 6.45) is 7.15. The van der Waals surface area contributed by atoms with Gasteiger partial charge in [0.15, 0.2) is 0 Å². The van der Waals surface area contributed by atoms with E-state index in [2.05, 4.69) is 40.4 Å². The number of hydrogen-bond acceptors (Lipinski definition) is 6. The second-order valence-electron chi connectivity index (χ2n) is 9.48. The molecule has 3 aromatic rings. The standard InChI is InChI=1S/C29H31BrN2O5/c1-4-6-8-18(5-2)17-36-25(33)14-11-19-9-7-10-23-26(19)27(34)32-29(3,31-23)22-16-20-15-21(30)12-13-24(20)37-28(22)35/h7,9-16,18,31H,4-6,8,17H2,1-3H3,(H,32,34)/b14-11+. The molecule has 2 heterocycles. The molecular weight excluding hydrogens is 536 g/mol.